The summed E-state index contributed by atoms with van der Waals surface area (Å²) in [6.07, 6.45) is 2.30. The predicted octanol–water partition coefficient (Wildman–Crippen LogP) is 3.84. The first-order chi connectivity index (χ1) is 12.6. The molecule has 7 heteroatoms. The molecule has 26 heavy (non-hydrogen) atoms. The van der Waals surface area contributed by atoms with Crippen LogP contribution >= 0.6 is 22.9 Å². The summed E-state index contributed by atoms with van der Waals surface area (Å²) < 4.78 is 0. The van der Waals surface area contributed by atoms with Crippen LogP contribution in [0.5, 0.6) is 0 Å². The minimum Gasteiger partial charge on any atom is -0.350 e. The lowest BCUT2D eigenvalue weighted by Gasteiger charge is -2.31. The third kappa shape index (κ3) is 4.62. The van der Waals surface area contributed by atoms with Crippen molar-refractivity contribution in [1.29, 1.82) is 0 Å². The van der Waals surface area contributed by atoms with Gasteiger partial charge in [0.05, 0.1) is 17.2 Å². The molecule has 0 bridgehead atoms. The highest BCUT2D eigenvalue weighted by Crippen LogP contribution is 2.31. The molecule has 1 fully saturated rings. The Balaban J connectivity index is 1.53. The zero-order chi connectivity index (χ0) is 18.5. The maximum absolute atomic E-state index is 12.6. The number of nitrogens with zero attached hydrogens (tertiary/aromatic N) is 2. The molecule has 138 valence electrons. The molecule has 1 N–H and O–H groups in total. The smallest absolute Gasteiger partial charge is 0.253 e. The van der Waals surface area contributed by atoms with Crippen molar-refractivity contribution >= 4 is 34.8 Å². The maximum atomic E-state index is 12.6. The molecule has 2 amide bonds. The standard InChI is InChI=1S/C19H22ClN3O2S/c1-2-17(24)21-11-16-12-26-18(22-16)13-7-9-23(10-8-13)19(25)14-3-5-15(20)6-4-14/h3-6,12-13H,2,7-11H2,1H3,(H,21,24). The first-order valence-corrected chi connectivity index (χ1v) is 10.1. The van der Waals surface area contributed by atoms with E-state index >= 15 is 0 Å². The zero-order valence-corrected chi connectivity index (χ0v) is 16.3. The SMILES string of the molecule is CCC(=O)NCc1csc(C2CCN(C(=O)c3ccc(Cl)cc3)CC2)n1. The van der Waals surface area contributed by atoms with Crippen LogP contribution in [0.25, 0.3) is 0 Å². The topological polar surface area (TPSA) is 62.3 Å². The summed E-state index contributed by atoms with van der Waals surface area (Å²) >= 11 is 7.53. The molecule has 0 spiro atoms. The van der Waals surface area contributed by atoms with Gasteiger partial charge >= 0.3 is 0 Å². The Hall–Kier alpha value is -1.92. The van der Waals surface area contributed by atoms with Gasteiger partial charge in [-0.1, -0.05) is 18.5 Å². The fourth-order valence-corrected chi connectivity index (χ4v) is 4.13. The van der Waals surface area contributed by atoms with Gasteiger partial charge in [-0.2, -0.15) is 0 Å². The van der Waals surface area contributed by atoms with Crippen molar-refractivity contribution < 1.29 is 9.59 Å². The number of piperidine rings is 1. The van der Waals surface area contributed by atoms with Crippen molar-refractivity contribution in [3.63, 3.8) is 0 Å². The van der Waals surface area contributed by atoms with Crippen LogP contribution in [0.4, 0.5) is 0 Å². The summed E-state index contributed by atoms with van der Waals surface area (Å²) in [5.41, 5.74) is 1.59. The summed E-state index contributed by atoms with van der Waals surface area (Å²) in [5.74, 6) is 0.473. The highest BCUT2D eigenvalue weighted by molar-refractivity contribution is 7.09. The molecule has 3 rings (SSSR count). The van der Waals surface area contributed by atoms with Crippen LogP contribution in [-0.2, 0) is 11.3 Å². The van der Waals surface area contributed by atoms with E-state index in [9.17, 15) is 9.59 Å². The average Bonchev–Trinajstić information content (AvgIpc) is 3.15. The molecule has 1 saturated heterocycles. The van der Waals surface area contributed by atoms with E-state index in [1.807, 2.05) is 17.2 Å². The van der Waals surface area contributed by atoms with Crippen LogP contribution < -0.4 is 5.32 Å². The first-order valence-electron chi connectivity index (χ1n) is 8.82. The van der Waals surface area contributed by atoms with Gasteiger partial charge in [-0.3, -0.25) is 9.59 Å². The molecule has 2 heterocycles. The van der Waals surface area contributed by atoms with Crippen molar-refractivity contribution in [2.24, 2.45) is 0 Å². The molecular formula is C19H22ClN3O2S. The van der Waals surface area contributed by atoms with Crippen LogP contribution in [0.2, 0.25) is 5.02 Å². The number of aromatic nitrogens is 1. The normalized spacial score (nSPS) is 15.1. The fraction of sp³-hybridized carbons (Fsp3) is 0.421. The molecule has 1 aromatic heterocycles. The Labute approximate surface area is 162 Å². The monoisotopic (exact) mass is 391 g/mol. The molecule has 5 nitrogen and oxygen atoms in total. The van der Waals surface area contributed by atoms with Gasteiger partial charge in [-0.25, -0.2) is 4.98 Å². The van der Waals surface area contributed by atoms with Gasteiger partial charge in [-0.05, 0) is 37.1 Å². The van der Waals surface area contributed by atoms with Gasteiger partial charge in [0.25, 0.3) is 5.91 Å². The van der Waals surface area contributed by atoms with Crippen molar-refractivity contribution in [2.75, 3.05) is 13.1 Å². The second-order valence-corrected chi connectivity index (χ2v) is 7.71. The number of rotatable bonds is 5. The Morgan fingerprint density at radius 3 is 2.62 bits per heavy atom. The lowest BCUT2D eigenvalue weighted by Crippen LogP contribution is -2.37. The number of halogens is 1. The van der Waals surface area contributed by atoms with E-state index in [0.717, 1.165) is 36.6 Å². The lowest BCUT2D eigenvalue weighted by atomic mass is 9.97. The van der Waals surface area contributed by atoms with E-state index in [4.69, 9.17) is 11.6 Å². The summed E-state index contributed by atoms with van der Waals surface area (Å²) in [6, 6.07) is 7.04. The van der Waals surface area contributed by atoms with E-state index < -0.39 is 0 Å². The number of hydrogen-bond donors (Lipinski definition) is 1. The Morgan fingerprint density at radius 1 is 1.27 bits per heavy atom. The number of carbonyl (C=O) groups excluding carboxylic acids is 2. The molecule has 1 aromatic carbocycles. The van der Waals surface area contributed by atoms with Crippen molar-refractivity contribution in [1.82, 2.24) is 15.2 Å². The largest absolute Gasteiger partial charge is 0.350 e. The van der Waals surface area contributed by atoms with E-state index in [-0.39, 0.29) is 11.8 Å². The number of hydrogen-bond acceptors (Lipinski definition) is 4. The van der Waals surface area contributed by atoms with Gasteiger partial charge in [-0.15, -0.1) is 11.3 Å². The van der Waals surface area contributed by atoms with Gasteiger partial charge in [0.15, 0.2) is 0 Å². The Morgan fingerprint density at radius 2 is 1.96 bits per heavy atom. The summed E-state index contributed by atoms with van der Waals surface area (Å²) in [7, 11) is 0. The highest BCUT2D eigenvalue weighted by atomic mass is 35.5. The number of likely N-dealkylation sites (tertiary alicyclic amines) is 1. The van der Waals surface area contributed by atoms with Crippen molar-refractivity contribution in [2.45, 2.75) is 38.6 Å². The second kappa shape index (κ2) is 8.64. The molecule has 1 aliphatic heterocycles. The lowest BCUT2D eigenvalue weighted by molar-refractivity contribution is -0.120. The van der Waals surface area contributed by atoms with E-state index in [0.29, 0.717) is 29.5 Å². The number of nitrogens with one attached hydrogen (secondary N) is 1. The van der Waals surface area contributed by atoms with E-state index in [1.54, 1.807) is 35.6 Å². The van der Waals surface area contributed by atoms with Gasteiger partial charge in [0, 0.05) is 41.4 Å². The molecule has 1 aliphatic rings. The van der Waals surface area contributed by atoms with Crippen LogP contribution in [0.1, 0.15) is 53.2 Å². The Bertz CT molecular complexity index is 767. The van der Waals surface area contributed by atoms with Gasteiger partial charge in [0.1, 0.15) is 0 Å². The number of amides is 2. The number of benzene rings is 1. The molecule has 2 aromatic rings. The predicted molar refractivity (Wildman–Crippen MR) is 104 cm³/mol. The molecular weight excluding hydrogens is 370 g/mol. The number of carbonyl (C=O) groups is 2. The van der Waals surface area contributed by atoms with Gasteiger partial charge in [0.2, 0.25) is 5.91 Å². The van der Waals surface area contributed by atoms with Crippen LogP contribution in [-0.4, -0.2) is 34.8 Å². The fourth-order valence-electron chi connectivity index (χ4n) is 3.01. The minimum absolute atomic E-state index is 0.0357. The van der Waals surface area contributed by atoms with Gasteiger partial charge < -0.3 is 10.2 Å². The zero-order valence-electron chi connectivity index (χ0n) is 14.7. The van der Waals surface area contributed by atoms with Crippen LogP contribution in [0, 0.1) is 0 Å². The van der Waals surface area contributed by atoms with Crippen LogP contribution in [0.15, 0.2) is 29.6 Å². The molecule has 0 unspecified atom stereocenters. The second-order valence-electron chi connectivity index (χ2n) is 6.38. The molecule has 0 atom stereocenters. The highest BCUT2D eigenvalue weighted by Gasteiger charge is 2.26. The minimum atomic E-state index is 0.0357. The van der Waals surface area contributed by atoms with Crippen LogP contribution in [0.3, 0.4) is 0 Å². The molecule has 0 radical (unpaired) electrons. The van der Waals surface area contributed by atoms with E-state index in [2.05, 4.69) is 10.3 Å². The summed E-state index contributed by atoms with van der Waals surface area (Å²) in [4.78, 5) is 30.5. The van der Waals surface area contributed by atoms with Crippen molar-refractivity contribution in [3.05, 3.63) is 50.9 Å². The Kier molecular flexibility index (Phi) is 6.27. The number of thiazole rings is 1. The maximum Gasteiger partial charge on any atom is 0.253 e. The average molecular weight is 392 g/mol. The first kappa shape index (κ1) is 18.9. The molecule has 0 saturated carbocycles. The third-order valence-electron chi connectivity index (χ3n) is 4.58. The third-order valence-corrected chi connectivity index (χ3v) is 5.89. The summed E-state index contributed by atoms with van der Waals surface area (Å²) in [6.45, 7) is 3.78. The van der Waals surface area contributed by atoms with E-state index in [1.165, 1.54) is 0 Å². The van der Waals surface area contributed by atoms with Crippen molar-refractivity contribution in [3.8, 4) is 0 Å². The quantitative estimate of drug-likeness (QED) is 0.842. The summed E-state index contributed by atoms with van der Waals surface area (Å²) in [5, 5.41) is 6.60. The molecule has 0 aliphatic carbocycles.